The Morgan fingerprint density at radius 2 is 2.09 bits per heavy atom. The van der Waals surface area contributed by atoms with Crippen LogP contribution in [0.15, 0.2) is 12.7 Å². The molecule has 1 N–H and O–H groups in total. The smallest absolute Gasteiger partial charge is 0.00462 e. The molecule has 1 saturated heterocycles. The molecule has 1 radical (unpaired) electrons. The standard InChI is InChI=1S/C10H18N/c1-3-9(2)8-10-4-6-11-7-5-10/h3,8-11H,1,4-7H2,2H3. The third kappa shape index (κ3) is 3.06. The average Bonchev–Trinajstić information content (AvgIpc) is 2.06. The van der Waals surface area contributed by atoms with Gasteiger partial charge in [-0.05, 0) is 44.2 Å². The molecule has 1 aliphatic rings. The largest absolute Gasteiger partial charge is 0.317 e. The zero-order valence-electron chi connectivity index (χ0n) is 7.34. The Morgan fingerprint density at radius 1 is 1.45 bits per heavy atom. The van der Waals surface area contributed by atoms with Crippen LogP contribution in [-0.4, -0.2) is 13.1 Å². The molecule has 0 aromatic rings. The van der Waals surface area contributed by atoms with E-state index >= 15 is 0 Å². The maximum Gasteiger partial charge on any atom is -0.00462 e. The Balaban J connectivity index is 2.18. The summed E-state index contributed by atoms with van der Waals surface area (Å²) in [7, 11) is 0. The van der Waals surface area contributed by atoms with Crippen molar-refractivity contribution in [1.29, 1.82) is 0 Å². The first-order valence-corrected chi connectivity index (χ1v) is 4.51. The highest BCUT2D eigenvalue weighted by atomic mass is 14.9. The highest BCUT2D eigenvalue weighted by molar-refractivity contribution is 4.92. The number of nitrogens with one attached hydrogen (secondary N) is 1. The molecule has 1 fully saturated rings. The maximum absolute atomic E-state index is 3.78. The maximum atomic E-state index is 3.78. The number of hydrogen-bond donors (Lipinski definition) is 1. The second-order valence-electron chi connectivity index (χ2n) is 3.37. The van der Waals surface area contributed by atoms with Gasteiger partial charge in [-0.15, -0.1) is 6.58 Å². The Labute approximate surface area is 69.9 Å². The summed E-state index contributed by atoms with van der Waals surface area (Å²) in [4.78, 5) is 0. The Kier molecular flexibility index (Phi) is 3.64. The molecule has 1 heteroatoms. The Bertz CT molecular complexity index is 114. The molecule has 0 aromatic heterocycles. The van der Waals surface area contributed by atoms with Crippen molar-refractivity contribution >= 4 is 0 Å². The molecule has 0 bridgehead atoms. The second-order valence-corrected chi connectivity index (χ2v) is 3.37. The van der Waals surface area contributed by atoms with Crippen molar-refractivity contribution in [3.8, 4) is 0 Å². The van der Waals surface area contributed by atoms with Crippen LogP contribution in [0, 0.1) is 18.3 Å². The fraction of sp³-hybridized carbons (Fsp3) is 0.700. The molecule has 0 saturated carbocycles. The minimum atomic E-state index is 0.582. The van der Waals surface area contributed by atoms with Gasteiger partial charge in [0, 0.05) is 0 Å². The Hall–Kier alpha value is -0.300. The summed E-state index contributed by atoms with van der Waals surface area (Å²) in [5, 5.41) is 3.36. The summed E-state index contributed by atoms with van der Waals surface area (Å²) in [6.07, 6.45) is 7.05. The van der Waals surface area contributed by atoms with Crippen LogP contribution in [0.2, 0.25) is 0 Å². The molecule has 1 atom stereocenters. The van der Waals surface area contributed by atoms with Gasteiger partial charge in [-0.2, -0.15) is 0 Å². The third-order valence-electron chi connectivity index (χ3n) is 2.33. The minimum absolute atomic E-state index is 0.582. The molecule has 11 heavy (non-hydrogen) atoms. The van der Waals surface area contributed by atoms with Crippen LogP contribution in [0.25, 0.3) is 0 Å². The summed E-state index contributed by atoms with van der Waals surface area (Å²) in [5.74, 6) is 1.40. The van der Waals surface area contributed by atoms with Crippen molar-refractivity contribution < 1.29 is 0 Å². The molecule has 1 heterocycles. The van der Waals surface area contributed by atoms with Gasteiger partial charge in [0.05, 0.1) is 0 Å². The second kappa shape index (κ2) is 4.55. The molecule has 63 valence electrons. The van der Waals surface area contributed by atoms with Gasteiger partial charge in [0.15, 0.2) is 0 Å². The van der Waals surface area contributed by atoms with Crippen LogP contribution in [0.3, 0.4) is 0 Å². The molecule has 1 aliphatic heterocycles. The number of allylic oxidation sites excluding steroid dienone is 1. The van der Waals surface area contributed by atoms with Crippen molar-refractivity contribution in [3.05, 3.63) is 19.1 Å². The van der Waals surface area contributed by atoms with Crippen LogP contribution >= 0.6 is 0 Å². The van der Waals surface area contributed by atoms with E-state index in [9.17, 15) is 0 Å². The van der Waals surface area contributed by atoms with Gasteiger partial charge in [0.1, 0.15) is 0 Å². The fourth-order valence-electron chi connectivity index (χ4n) is 1.54. The summed E-state index contributed by atoms with van der Waals surface area (Å²) >= 11 is 0. The topological polar surface area (TPSA) is 12.0 Å². The van der Waals surface area contributed by atoms with Gasteiger partial charge in [-0.25, -0.2) is 0 Å². The summed E-state index contributed by atoms with van der Waals surface area (Å²) in [6, 6.07) is 0. The van der Waals surface area contributed by atoms with Crippen LogP contribution in [-0.2, 0) is 0 Å². The molecule has 0 spiro atoms. The van der Waals surface area contributed by atoms with E-state index in [1.807, 2.05) is 6.08 Å². The van der Waals surface area contributed by atoms with Gasteiger partial charge in [0.25, 0.3) is 0 Å². The molecule has 0 aliphatic carbocycles. The third-order valence-corrected chi connectivity index (χ3v) is 2.33. The zero-order valence-corrected chi connectivity index (χ0v) is 7.34. The Morgan fingerprint density at radius 3 is 2.64 bits per heavy atom. The number of piperidine rings is 1. The van der Waals surface area contributed by atoms with E-state index < -0.39 is 0 Å². The molecule has 1 unspecified atom stereocenters. The molecule has 0 amide bonds. The van der Waals surface area contributed by atoms with Gasteiger partial charge in [-0.1, -0.05) is 13.0 Å². The van der Waals surface area contributed by atoms with Crippen molar-refractivity contribution in [2.75, 3.05) is 13.1 Å². The molecular formula is C10H18N. The van der Waals surface area contributed by atoms with Crippen LogP contribution in [0.4, 0.5) is 0 Å². The van der Waals surface area contributed by atoms with Gasteiger partial charge < -0.3 is 5.32 Å². The summed E-state index contributed by atoms with van der Waals surface area (Å²) in [6.45, 7) is 8.35. The molecular weight excluding hydrogens is 134 g/mol. The molecule has 0 aromatic carbocycles. The quantitative estimate of drug-likeness (QED) is 0.610. The van der Waals surface area contributed by atoms with Crippen molar-refractivity contribution in [2.45, 2.75) is 19.8 Å². The fourth-order valence-corrected chi connectivity index (χ4v) is 1.54. The molecule has 1 nitrogen and oxygen atoms in total. The van der Waals surface area contributed by atoms with E-state index in [1.54, 1.807) is 0 Å². The highest BCUT2D eigenvalue weighted by Gasteiger charge is 2.14. The lowest BCUT2D eigenvalue weighted by Crippen LogP contribution is -2.28. The first-order valence-electron chi connectivity index (χ1n) is 4.51. The normalized spacial score (nSPS) is 23.0. The predicted molar refractivity (Wildman–Crippen MR) is 49.3 cm³/mol. The minimum Gasteiger partial charge on any atom is -0.317 e. The number of rotatable bonds is 3. The number of hydrogen-bond acceptors (Lipinski definition) is 1. The van der Waals surface area contributed by atoms with Crippen LogP contribution in [0.5, 0.6) is 0 Å². The van der Waals surface area contributed by atoms with E-state index in [2.05, 4.69) is 25.2 Å². The van der Waals surface area contributed by atoms with Gasteiger partial charge >= 0.3 is 0 Å². The van der Waals surface area contributed by atoms with E-state index in [0.717, 1.165) is 5.92 Å². The van der Waals surface area contributed by atoms with Crippen molar-refractivity contribution in [3.63, 3.8) is 0 Å². The summed E-state index contributed by atoms with van der Waals surface area (Å²) < 4.78 is 0. The van der Waals surface area contributed by atoms with Crippen molar-refractivity contribution in [2.24, 2.45) is 11.8 Å². The monoisotopic (exact) mass is 152 g/mol. The van der Waals surface area contributed by atoms with Crippen LogP contribution in [0.1, 0.15) is 19.8 Å². The first-order chi connectivity index (χ1) is 5.33. The first kappa shape index (κ1) is 8.79. The van der Waals surface area contributed by atoms with E-state index in [0.29, 0.717) is 5.92 Å². The lowest BCUT2D eigenvalue weighted by atomic mass is 9.89. The lowest BCUT2D eigenvalue weighted by Gasteiger charge is -2.23. The lowest BCUT2D eigenvalue weighted by molar-refractivity contribution is 0.397. The van der Waals surface area contributed by atoms with E-state index in [1.165, 1.54) is 25.9 Å². The van der Waals surface area contributed by atoms with Gasteiger partial charge in [0.2, 0.25) is 0 Å². The van der Waals surface area contributed by atoms with Gasteiger partial charge in [-0.3, -0.25) is 0 Å². The SMILES string of the molecule is C=CC(C)[CH]C1CCNCC1. The van der Waals surface area contributed by atoms with E-state index in [4.69, 9.17) is 0 Å². The van der Waals surface area contributed by atoms with E-state index in [-0.39, 0.29) is 0 Å². The highest BCUT2D eigenvalue weighted by Crippen LogP contribution is 2.19. The summed E-state index contributed by atoms with van der Waals surface area (Å²) in [5.41, 5.74) is 0. The van der Waals surface area contributed by atoms with Crippen molar-refractivity contribution in [1.82, 2.24) is 5.32 Å². The molecule has 1 rings (SSSR count). The average molecular weight is 152 g/mol. The zero-order chi connectivity index (χ0) is 8.10. The van der Waals surface area contributed by atoms with Crippen LogP contribution < -0.4 is 5.32 Å². The predicted octanol–water partition coefficient (Wildman–Crippen LogP) is 2.01.